The van der Waals surface area contributed by atoms with Crippen LogP contribution >= 0.6 is 0 Å². The molecular weight excluding hydrogens is 320 g/mol. The third-order valence-electron chi connectivity index (χ3n) is 7.46. The van der Waals surface area contributed by atoms with Gasteiger partial charge >= 0.3 is 5.97 Å². The number of hydrogen-bond donors (Lipinski definition) is 3. The average Bonchev–Trinajstić information content (AvgIpc) is 3.06. The predicted molar refractivity (Wildman–Crippen MR) is 91.1 cm³/mol. The minimum Gasteiger partial charge on any atom is -0.426 e. The summed E-state index contributed by atoms with van der Waals surface area (Å²) in [5.41, 5.74) is 1.81. The maximum absolute atomic E-state index is 12.3. The molecule has 0 bridgehead atoms. The van der Waals surface area contributed by atoms with E-state index in [0.717, 1.165) is 12.8 Å². The highest BCUT2D eigenvalue weighted by Crippen LogP contribution is 2.61. The summed E-state index contributed by atoms with van der Waals surface area (Å²) in [4.78, 5) is 12.3. The van der Waals surface area contributed by atoms with Gasteiger partial charge in [-0.05, 0) is 42.4 Å². The molecule has 3 N–H and O–H groups in total. The number of esters is 1. The number of rotatable bonds is 2. The Labute approximate surface area is 148 Å². The zero-order valence-electron chi connectivity index (χ0n) is 15.1. The van der Waals surface area contributed by atoms with Crippen molar-refractivity contribution in [3.05, 3.63) is 23.3 Å². The zero-order valence-corrected chi connectivity index (χ0v) is 15.1. The van der Waals surface area contributed by atoms with E-state index < -0.39 is 23.8 Å². The fourth-order valence-corrected chi connectivity index (χ4v) is 5.95. The van der Waals surface area contributed by atoms with Gasteiger partial charge in [-0.15, -0.1) is 0 Å². The van der Waals surface area contributed by atoms with E-state index >= 15 is 0 Å². The first-order valence-corrected chi connectivity index (χ1v) is 9.37. The summed E-state index contributed by atoms with van der Waals surface area (Å²) in [7, 11) is 0. The zero-order chi connectivity index (χ0) is 18.1. The van der Waals surface area contributed by atoms with Gasteiger partial charge in [-0.2, -0.15) is 0 Å². The Balaban J connectivity index is 1.77. The topological polar surface area (TPSA) is 87.0 Å². The number of allylic oxidation sites excluding steroid dienone is 2. The summed E-state index contributed by atoms with van der Waals surface area (Å²) in [6, 6.07) is 0. The number of aliphatic hydroxyl groups excluding tert-OH is 2. The van der Waals surface area contributed by atoms with E-state index in [0.29, 0.717) is 12.0 Å². The summed E-state index contributed by atoms with van der Waals surface area (Å²) >= 11 is 0. The van der Waals surface area contributed by atoms with Crippen molar-refractivity contribution < 1.29 is 24.9 Å². The Kier molecular flexibility index (Phi) is 3.74. The van der Waals surface area contributed by atoms with E-state index in [2.05, 4.69) is 13.0 Å². The van der Waals surface area contributed by atoms with Crippen LogP contribution in [0.2, 0.25) is 0 Å². The molecule has 1 saturated carbocycles. The highest BCUT2D eigenvalue weighted by Gasteiger charge is 2.68. The second-order valence-corrected chi connectivity index (χ2v) is 8.88. The minimum atomic E-state index is -1.77. The molecule has 0 radical (unpaired) electrons. The van der Waals surface area contributed by atoms with Gasteiger partial charge in [-0.25, -0.2) is 4.79 Å². The molecule has 0 amide bonds. The number of carbonyl (C=O) groups excluding carboxylic acids is 1. The van der Waals surface area contributed by atoms with Crippen LogP contribution in [0, 0.1) is 35.0 Å². The molecule has 1 heterocycles. The second kappa shape index (κ2) is 5.41. The van der Waals surface area contributed by atoms with Crippen LogP contribution in [0.1, 0.15) is 40.0 Å². The molecule has 0 spiro atoms. The lowest BCUT2D eigenvalue weighted by molar-refractivity contribution is -0.233. The molecule has 5 heteroatoms. The van der Waals surface area contributed by atoms with Crippen LogP contribution < -0.4 is 0 Å². The lowest BCUT2D eigenvalue weighted by Crippen LogP contribution is -2.43. The molecule has 2 fully saturated rings. The molecule has 0 aromatic carbocycles. The molecule has 0 aromatic rings. The first-order valence-electron chi connectivity index (χ1n) is 9.37. The molecule has 0 unspecified atom stereocenters. The van der Waals surface area contributed by atoms with Gasteiger partial charge in [0.15, 0.2) is 0 Å². The van der Waals surface area contributed by atoms with Gasteiger partial charge in [0.05, 0.1) is 5.92 Å². The number of carbonyl (C=O) groups is 1. The lowest BCUT2D eigenvalue weighted by atomic mass is 9.63. The van der Waals surface area contributed by atoms with Crippen molar-refractivity contribution in [2.75, 3.05) is 6.61 Å². The third-order valence-corrected chi connectivity index (χ3v) is 7.46. The van der Waals surface area contributed by atoms with Crippen LogP contribution in [0.25, 0.3) is 0 Å². The van der Waals surface area contributed by atoms with Gasteiger partial charge < -0.3 is 20.1 Å². The smallest absolute Gasteiger partial charge is 0.336 e. The van der Waals surface area contributed by atoms with Gasteiger partial charge in [-0.3, -0.25) is 0 Å². The molecule has 1 saturated heterocycles. The van der Waals surface area contributed by atoms with Crippen molar-refractivity contribution in [3.63, 3.8) is 0 Å². The molecule has 5 nitrogen and oxygen atoms in total. The summed E-state index contributed by atoms with van der Waals surface area (Å²) in [5.74, 6) is -2.46. The standard InChI is InChI=1S/C20H28O5/c1-10(9-21)12-6-7-19(3)8-14-11(2)17(22)20(24)16(14)13(18(23)25-20)4-5-15(12)19/h4,6,10-11,14-17,21-22,24H,5,7-9H2,1-3H3/b13-4+/t10-,11+,14-,15-,16-,17-,19+,20-/m0/s1. The fourth-order valence-electron chi connectivity index (χ4n) is 5.95. The van der Waals surface area contributed by atoms with Gasteiger partial charge in [0, 0.05) is 18.1 Å². The number of fused-ring (bicyclic) bond motifs is 1. The normalized spacial score (nSPS) is 51.6. The van der Waals surface area contributed by atoms with Gasteiger partial charge in [0.1, 0.15) is 6.10 Å². The van der Waals surface area contributed by atoms with Gasteiger partial charge in [0.2, 0.25) is 5.79 Å². The number of ether oxygens (including phenoxy) is 1. The summed E-state index contributed by atoms with van der Waals surface area (Å²) in [6.07, 6.45) is 5.60. The molecular formula is C20H28O5. The quantitative estimate of drug-likeness (QED) is 0.523. The second-order valence-electron chi connectivity index (χ2n) is 8.88. The van der Waals surface area contributed by atoms with E-state index in [4.69, 9.17) is 4.74 Å². The molecule has 4 aliphatic rings. The first-order chi connectivity index (χ1) is 11.7. The minimum absolute atomic E-state index is 0.00248. The molecule has 8 atom stereocenters. The summed E-state index contributed by atoms with van der Waals surface area (Å²) in [6.45, 7) is 6.36. The highest BCUT2D eigenvalue weighted by molar-refractivity contribution is 5.92. The van der Waals surface area contributed by atoms with Gasteiger partial charge in [-0.1, -0.05) is 38.5 Å². The predicted octanol–water partition coefficient (Wildman–Crippen LogP) is 1.78. The fraction of sp³-hybridized carbons (Fsp3) is 0.750. The summed E-state index contributed by atoms with van der Waals surface area (Å²) < 4.78 is 5.27. The molecule has 4 rings (SSSR count). The van der Waals surface area contributed by atoms with Crippen LogP contribution in [0.15, 0.2) is 23.3 Å². The highest BCUT2D eigenvalue weighted by atomic mass is 16.7. The van der Waals surface area contributed by atoms with Crippen LogP contribution in [-0.2, 0) is 9.53 Å². The Hall–Kier alpha value is -1.17. The van der Waals surface area contributed by atoms with E-state index in [1.807, 2.05) is 19.9 Å². The van der Waals surface area contributed by atoms with E-state index in [1.165, 1.54) is 5.57 Å². The van der Waals surface area contributed by atoms with Crippen LogP contribution in [0.5, 0.6) is 0 Å². The number of hydrogen-bond acceptors (Lipinski definition) is 5. The Morgan fingerprint density at radius 2 is 2.12 bits per heavy atom. The van der Waals surface area contributed by atoms with Crippen LogP contribution in [-0.4, -0.2) is 39.8 Å². The van der Waals surface area contributed by atoms with E-state index in [1.54, 1.807) is 0 Å². The van der Waals surface area contributed by atoms with Crippen molar-refractivity contribution >= 4 is 5.97 Å². The Bertz CT molecular complexity index is 667. The third kappa shape index (κ3) is 2.15. The van der Waals surface area contributed by atoms with Crippen molar-refractivity contribution in [1.29, 1.82) is 0 Å². The van der Waals surface area contributed by atoms with Crippen molar-refractivity contribution in [2.24, 2.45) is 35.0 Å². The number of aliphatic hydroxyl groups is 3. The maximum Gasteiger partial charge on any atom is 0.336 e. The van der Waals surface area contributed by atoms with Crippen LogP contribution in [0.3, 0.4) is 0 Å². The maximum atomic E-state index is 12.3. The largest absolute Gasteiger partial charge is 0.426 e. The molecule has 1 aliphatic heterocycles. The van der Waals surface area contributed by atoms with Crippen LogP contribution in [0.4, 0.5) is 0 Å². The van der Waals surface area contributed by atoms with Gasteiger partial charge in [0.25, 0.3) is 0 Å². The molecule has 3 aliphatic carbocycles. The Morgan fingerprint density at radius 3 is 2.80 bits per heavy atom. The molecule has 138 valence electrons. The SMILES string of the molecule is C[C@@H]1[C@@H]2C[C@@]3(C)CC=C([C@@H](C)CO)[C@@H]3C/C=C3/C(=O)O[C@](O)([C@H]1O)[C@@H]32. The monoisotopic (exact) mass is 348 g/mol. The summed E-state index contributed by atoms with van der Waals surface area (Å²) in [5, 5.41) is 31.1. The average molecular weight is 348 g/mol. The lowest BCUT2D eigenvalue weighted by Gasteiger charge is -2.40. The van der Waals surface area contributed by atoms with Crippen molar-refractivity contribution in [1.82, 2.24) is 0 Å². The molecule has 0 aromatic heterocycles. The van der Waals surface area contributed by atoms with Crippen molar-refractivity contribution in [2.45, 2.75) is 51.9 Å². The molecule has 25 heavy (non-hydrogen) atoms. The Morgan fingerprint density at radius 1 is 1.40 bits per heavy atom. The van der Waals surface area contributed by atoms with E-state index in [-0.39, 0.29) is 35.7 Å². The van der Waals surface area contributed by atoms with Crippen molar-refractivity contribution in [3.8, 4) is 0 Å². The van der Waals surface area contributed by atoms with E-state index in [9.17, 15) is 20.1 Å². The first kappa shape index (κ1) is 17.3.